The van der Waals surface area contributed by atoms with Crippen LogP contribution < -0.4 is 16.0 Å². The standard InChI is InChI=1S/C21H23F2N5O2/c1-25-11-15(2-5-20(25)29)12-26-6-8-27(9-7-26)16-3-4-17-18(10-16)24-14-28(21(17)30)13-19(22)23/h2-5,10-11,14,19H,6-9,12-13H2,1H3. The molecule has 4 rings (SSSR count). The monoisotopic (exact) mass is 415 g/mol. The number of halogens is 2. The average Bonchev–Trinajstić information content (AvgIpc) is 2.73. The summed E-state index contributed by atoms with van der Waals surface area (Å²) in [6, 6.07) is 8.80. The molecular formula is C21H23F2N5O2. The van der Waals surface area contributed by atoms with Gasteiger partial charge in [-0.3, -0.25) is 19.1 Å². The van der Waals surface area contributed by atoms with Crippen molar-refractivity contribution in [3.63, 3.8) is 0 Å². The fourth-order valence-electron chi connectivity index (χ4n) is 3.79. The highest BCUT2D eigenvalue weighted by Gasteiger charge is 2.18. The van der Waals surface area contributed by atoms with Gasteiger partial charge >= 0.3 is 0 Å². The van der Waals surface area contributed by atoms with Gasteiger partial charge in [0.25, 0.3) is 12.0 Å². The van der Waals surface area contributed by atoms with Gasteiger partial charge < -0.3 is 9.47 Å². The second-order valence-electron chi connectivity index (χ2n) is 7.54. The minimum Gasteiger partial charge on any atom is -0.369 e. The maximum atomic E-state index is 12.6. The zero-order valence-corrected chi connectivity index (χ0v) is 16.7. The van der Waals surface area contributed by atoms with Gasteiger partial charge in [-0.1, -0.05) is 6.07 Å². The maximum Gasteiger partial charge on any atom is 0.261 e. The van der Waals surface area contributed by atoms with Crippen LogP contribution in [0.25, 0.3) is 10.9 Å². The van der Waals surface area contributed by atoms with Crippen LogP contribution in [0.5, 0.6) is 0 Å². The van der Waals surface area contributed by atoms with Crippen LogP contribution in [0.2, 0.25) is 0 Å². The molecule has 3 heterocycles. The molecule has 0 atom stereocenters. The van der Waals surface area contributed by atoms with Crippen LogP contribution in [0.15, 0.2) is 52.4 Å². The van der Waals surface area contributed by atoms with E-state index < -0.39 is 18.5 Å². The summed E-state index contributed by atoms with van der Waals surface area (Å²) < 4.78 is 27.7. The van der Waals surface area contributed by atoms with E-state index >= 15 is 0 Å². The molecule has 1 aromatic carbocycles. The number of aromatic nitrogens is 3. The number of hydrogen-bond donors (Lipinski definition) is 0. The summed E-state index contributed by atoms with van der Waals surface area (Å²) in [5.41, 5.74) is 2.10. The van der Waals surface area contributed by atoms with Gasteiger partial charge in [0.15, 0.2) is 0 Å². The number of rotatable bonds is 5. The highest BCUT2D eigenvalue weighted by molar-refractivity contribution is 5.81. The number of benzene rings is 1. The van der Waals surface area contributed by atoms with Crippen molar-refractivity contribution in [3.8, 4) is 0 Å². The smallest absolute Gasteiger partial charge is 0.261 e. The van der Waals surface area contributed by atoms with Crippen LogP contribution in [0, 0.1) is 0 Å². The molecular weight excluding hydrogens is 392 g/mol. The molecule has 1 fully saturated rings. The Balaban J connectivity index is 1.44. The predicted octanol–water partition coefficient (Wildman–Crippen LogP) is 1.68. The molecule has 0 amide bonds. The SMILES string of the molecule is Cn1cc(CN2CCN(c3ccc4c(=O)n(CC(F)F)cnc4c3)CC2)ccc1=O. The normalized spacial score (nSPS) is 15.3. The number of alkyl halides is 2. The Kier molecular flexibility index (Phi) is 5.63. The van der Waals surface area contributed by atoms with Crippen LogP contribution in [-0.4, -0.2) is 51.6 Å². The molecule has 3 aromatic rings. The van der Waals surface area contributed by atoms with Crippen molar-refractivity contribution in [1.29, 1.82) is 0 Å². The van der Waals surface area contributed by atoms with E-state index in [0.717, 1.165) is 48.5 Å². The molecule has 0 saturated carbocycles. The lowest BCUT2D eigenvalue weighted by molar-refractivity contribution is 0.125. The first-order valence-corrected chi connectivity index (χ1v) is 9.81. The highest BCUT2D eigenvalue weighted by Crippen LogP contribution is 2.21. The van der Waals surface area contributed by atoms with Gasteiger partial charge in [0.2, 0.25) is 5.56 Å². The zero-order chi connectivity index (χ0) is 21.3. The molecule has 0 bridgehead atoms. The van der Waals surface area contributed by atoms with Gasteiger partial charge in [0, 0.05) is 57.7 Å². The van der Waals surface area contributed by atoms with E-state index in [1.165, 1.54) is 6.33 Å². The zero-order valence-electron chi connectivity index (χ0n) is 16.7. The van der Waals surface area contributed by atoms with Crippen LogP contribution >= 0.6 is 0 Å². The number of hydrogen-bond acceptors (Lipinski definition) is 5. The van der Waals surface area contributed by atoms with Crippen molar-refractivity contribution < 1.29 is 8.78 Å². The van der Waals surface area contributed by atoms with Gasteiger partial charge in [0.05, 0.1) is 23.8 Å². The Labute approximate surface area is 171 Å². The lowest BCUT2D eigenvalue weighted by Crippen LogP contribution is -2.46. The van der Waals surface area contributed by atoms with E-state index in [1.54, 1.807) is 23.7 Å². The molecule has 0 radical (unpaired) electrons. The summed E-state index contributed by atoms with van der Waals surface area (Å²) in [6.07, 6.45) is 0.453. The second-order valence-corrected chi connectivity index (χ2v) is 7.54. The number of fused-ring (bicyclic) bond motifs is 1. The first-order chi connectivity index (χ1) is 14.4. The number of aryl methyl sites for hydroxylation is 1. The lowest BCUT2D eigenvalue weighted by atomic mass is 10.2. The van der Waals surface area contributed by atoms with Crippen LogP contribution in [0.1, 0.15) is 5.56 Å². The summed E-state index contributed by atoms with van der Waals surface area (Å²) in [7, 11) is 1.75. The van der Waals surface area contributed by atoms with E-state index in [4.69, 9.17) is 0 Å². The molecule has 1 saturated heterocycles. The fraction of sp³-hybridized carbons (Fsp3) is 0.381. The van der Waals surface area contributed by atoms with Crippen LogP contribution in [0.4, 0.5) is 14.5 Å². The van der Waals surface area contributed by atoms with Crippen molar-refractivity contribution >= 4 is 16.6 Å². The van der Waals surface area contributed by atoms with Gasteiger partial charge in [0.1, 0.15) is 0 Å². The lowest BCUT2D eigenvalue weighted by Gasteiger charge is -2.36. The summed E-state index contributed by atoms with van der Waals surface area (Å²) in [6.45, 7) is 3.50. The molecule has 9 heteroatoms. The third kappa shape index (κ3) is 4.25. The van der Waals surface area contributed by atoms with Gasteiger partial charge in [-0.05, 0) is 23.8 Å². The molecule has 1 aliphatic rings. The Morgan fingerprint density at radius 1 is 1.07 bits per heavy atom. The highest BCUT2D eigenvalue weighted by atomic mass is 19.3. The van der Waals surface area contributed by atoms with Crippen molar-refractivity contribution in [2.24, 2.45) is 7.05 Å². The van der Waals surface area contributed by atoms with Crippen molar-refractivity contribution in [2.45, 2.75) is 19.5 Å². The maximum absolute atomic E-state index is 12.6. The summed E-state index contributed by atoms with van der Waals surface area (Å²) >= 11 is 0. The van der Waals surface area contributed by atoms with Crippen molar-refractivity contribution in [3.05, 3.63) is 69.1 Å². The Morgan fingerprint density at radius 2 is 1.83 bits per heavy atom. The van der Waals surface area contributed by atoms with E-state index in [-0.39, 0.29) is 5.56 Å². The molecule has 0 aliphatic carbocycles. The quantitative estimate of drug-likeness (QED) is 0.635. The summed E-state index contributed by atoms with van der Waals surface area (Å²) in [4.78, 5) is 32.6. The average molecular weight is 415 g/mol. The first kappa shape index (κ1) is 20.2. The molecule has 7 nitrogen and oxygen atoms in total. The number of pyridine rings is 1. The number of anilines is 1. The van der Waals surface area contributed by atoms with E-state index in [1.807, 2.05) is 24.4 Å². The minimum absolute atomic E-state index is 0.0190. The van der Waals surface area contributed by atoms with Crippen molar-refractivity contribution in [2.75, 3.05) is 31.1 Å². The third-order valence-corrected chi connectivity index (χ3v) is 5.43. The van der Waals surface area contributed by atoms with E-state index in [0.29, 0.717) is 10.9 Å². The Morgan fingerprint density at radius 3 is 2.53 bits per heavy atom. The van der Waals surface area contributed by atoms with E-state index in [2.05, 4.69) is 14.8 Å². The van der Waals surface area contributed by atoms with Crippen molar-refractivity contribution in [1.82, 2.24) is 19.0 Å². The molecule has 0 unspecified atom stereocenters. The van der Waals surface area contributed by atoms with E-state index in [9.17, 15) is 18.4 Å². The van der Waals surface area contributed by atoms with Gasteiger partial charge in [-0.25, -0.2) is 13.8 Å². The molecule has 158 valence electrons. The Bertz CT molecular complexity index is 1170. The molecule has 2 aromatic heterocycles. The molecule has 0 spiro atoms. The van der Waals surface area contributed by atoms with Gasteiger partial charge in [-0.2, -0.15) is 0 Å². The topological polar surface area (TPSA) is 63.4 Å². The fourth-order valence-corrected chi connectivity index (χ4v) is 3.79. The number of piperazine rings is 1. The first-order valence-electron chi connectivity index (χ1n) is 9.81. The third-order valence-electron chi connectivity index (χ3n) is 5.43. The molecule has 1 aliphatic heterocycles. The Hall–Kier alpha value is -3.07. The van der Waals surface area contributed by atoms with Crippen LogP contribution in [0.3, 0.4) is 0 Å². The molecule has 0 N–H and O–H groups in total. The largest absolute Gasteiger partial charge is 0.369 e. The minimum atomic E-state index is -2.60. The van der Waals surface area contributed by atoms with Gasteiger partial charge in [-0.15, -0.1) is 0 Å². The summed E-state index contributed by atoms with van der Waals surface area (Å²) in [5, 5.41) is 0.343. The second kappa shape index (κ2) is 8.35. The molecule has 30 heavy (non-hydrogen) atoms. The summed E-state index contributed by atoms with van der Waals surface area (Å²) in [5.74, 6) is 0. The predicted molar refractivity (Wildman–Crippen MR) is 111 cm³/mol. The number of nitrogens with zero attached hydrogens (tertiary/aromatic N) is 5. The van der Waals surface area contributed by atoms with Crippen LogP contribution in [-0.2, 0) is 20.1 Å².